The van der Waals surface area contributed by atoms with Crippen molar-refractivity contribution in [2.45, 2.75) is 0 Å². The van der Waals surface area contributed by atoms with Crippen molar-refractivity contribution in [1.29, 1.82) is 0 Å². The molecule has 2 amide bonds. The summed E-state index contributed by atoms with van der Waals surface area (Å²) >= 11 is 0. The lowest BCUT2D eigenvalue weighted by atomic mass is 10.1. The van der Waals surface area contributed by atoms with E-state index >= 15 is 0 Å². The van der Waals surface area contributed by atoms with E-state index in [-0.39, 0.29) is 11.8 Å². The molecule has 5 nitrogen and oxygen atoms in total. The average molecular weight is 333 g/mol. The number of nitrogens with zero attached hydrogens (tertiary/aromatic N) is 1. The molecule has 2 aromatic rings. The SMILES string of the molecule is COC(=O)C=Cc1cccc(/C=C/N2C(=O)c3ccccc3C2=O)c1. The van der Waals surface area contributed by atoms with Crippen molar-refractivity contribution in [3.05, 3.63) is 83.1 Å². The molecule has 0 bridgehead atoms. The summed E-state index contributed by atoms with van der Waals surface area (Å²) in [5, 5.41) is 0. The number of carbonyl (C=O) groups excluding carboxylic acids is 3. The van der Waals surface area contributed by atoms with E-state index in [4.69, 9.17) is 0 Å². The summed E-state index contributed by atoms with van der Waals surface area (Å²) in [7, 11) is 1.31. The summed E-state index contributed by atoms with van der Waals surface area (Å²) in [5.74, 6) is -1.11. The standard InChI is InChI=1S/C20H15NO4/c1-25-18(22)10-9-14-5-4-6-15(13-14)11-12-21-19(23)16-7-2-3-8-17(16)20(21)24/h2-13H,1H3/b10-9?,12-11+. The molecule has 25 heavy (non-hydrogen) atoms. The van der Waals surface area contributed by atoms with Gasteiger partial charge >= 0.3 is 5.97 Å². The molecule has 0 saturated heterocycles. The summed E-state index contributed by atoms with van der Waals surface area (Å²) < 4.78 is 4.55. The highest BCUT2D eigenvalue weighted by molar-refractivity contribution is 6.22. The van der Waals surface area contributed by atoms with Gasteiger partial charge < -0.3 is 4.74 Å². The van der Waals surface area contributed by atoms with E-state index in [1.807, 2.05) is 24.3 Å². The van der Waals surface area contributed by atoms with Crippen LogP contribution in [0.15, 0.2) is 60.8 Å². The number of ether oxygens (including phenoxy) is 1. The molecule has 1 heterocycles. The van der Waals surface area contributed by atoms with Crippen molar-refractivity contribution in [1.82, 2.24) is 4.90 Å². The fraction of sp³-hybridized carbons (Fsp3) is 0.0500. The number of hydrogen-bond donors (Lipinski definition) is 0. The fourth-order valence-corrected chi connectivity index (χ4v) is 2.50. The van der Waals surface area contributed by atoms with E-state index in [0.29, 0.717) is 11.1 Å². The van der Waals surface area contributed by atoms with Gasteiger partial charge in [-0.15, -0.1) is 0 Å². The largest absolute Gasteiger partial charge is 0.466 e. The predicted octanol–water partition coefficient (Wildman–Crippen LogP) is 3.14. The van der Waals surface area contributed by atoms with Gasteiger partial charge in [-0.25, -0.2) is 9.69 Å². The Morgan fingerprint density at radius 3 is 2.12 bits per heavy atom. The maximum Gasteiger partial charge on any atom is 0.330 e. The van der Waals surface area contributed by atoms with Gasteiger partial charge in [0.2, 0.25) is 0 Å². The fourth-order valence-electron chi connectivity index (χ4n) is 2.50. The molecule has 0 aliphatic carbocycles. The van der Waals surface area contributed by atoms with E-state index in [9.17, 15) is 14.4 Å². The van der Waals surface area contributed by atoms with Crippen LogP contribution in [0.5, 0.6) is 0 Å². The molecule has 0 spiro atoms. The normalized spacial score (nSPS) is 13.7. The number of fused-ring (bicyclic) bond motifs is 1. The van der Waals surface area contributed by atoms with E-state index in [0.717, 1.165) is 16.0 Å². The quantitative estimate of drug-likeness (QED) is 0.490. The summed E-state index contributed by atoms with van der Waals surface area (Å²) in [5.41, 5.74) is 2.41. The predicted molar refractivity (Wildman–Crippen MR) is 93.5 cm³/mol. The first kappa shape index (κ1) is 16.4. The van der Waals surface area contributed by atoms with Gasteiger partial charge in [0.05, 0.1) is 18.2 Å². The molecule has 1 aliphatic rings. The molecule has 0 radical (unpaired) electrons. The molecule has 0 aromatic heterocycles. The molecular formula is C20H15NO4. The number of imide groups is 1. The number of amides is 2. The first-order valence-electron chi connectivity index (χ1n) is 7.61. The van der Waals surface area contributed by atoms with Crippen LogP contribution in [0.1, 0.15) is 31.8 Å². The maximum atomic E-state index is 12.3. The van der Waals surface area contributed by atoms with Crippen LogP contribution in [0.2, 0.25) is 0 Å². The van der Waals surface area contributed by atoms with Gasteiger partial charge in [-0.1, -0.05) is 30.3 Å². The smallest absolute Gasteiger partial charge is 0.330 e. The van der Waals surface area contributed by atoms with Gasteiger partial charge in [0.1, 0.15) is 0 Å². The minimum absolute atomic E-state index is 0.335. The monoisotopic (exact) mass is 333 g/mol. The van der Waals surface area contributed by atoms with Crippen LogP contribution in [-0.2, 0) is 9.53 Å². The van der Waals surface area contributed by atoms with E-state index in [1.165, 1.54) is 19.4 Å². The third-order valence-corrected chi connectivity index (χ3v) is 3.77. The maximum absolute atomic E-state index is 12.3. The number of esters is 1. The van der Waals surface area contributed by atoms with Crippen LogP contribution in [0.4, 0.5) is 0 Å². The third kappa shape index (κ3) is 3.40. The van der Waals surface area contributed by atoms with Gasteiger partial charge in [-0.2, -0.15) is 0 Å². The van der Waals surface area contributed by atoms with E-state index in [1.54, 1.807) is 36.4 Å². The molecule has 0 saturated carbocycles. The van der Waals surface area contributed by atoms with Crippen molar-refractivity contribution < 1.29 is 19.1 Å². The average Bonchev–Trinajstić information content (AvgIpc) is 2.89. The van der Waals surface area contributed by atoms with Crippen LogP contribution < -0.4 is 0 Å². The Morgan fingerprint density at radius 2 is 1.52 bits per heavy atom. The Bertz CT molecular complexity index is 876. The van der Waals surface area contributed by atoms with Crippen molar-refractivity contribution in [2.24, 2.45) is 0 Å². The third-order valence-electron chi connectivity index (χ3n) is 3.77. The van der Waals surface area contributed by atoms with Crippen LogP contribution >= 0.6 is 0 Å². The number of methoxy groups -OCH3 is 1. The highest BCUT2D eigenvalue weighted by Gasteiger charge is 2.33. The number of rotatable bonds is 4. The van der Waals surface area contributed by atoms with Gasteiger partial charge in [-0.05, 0) is 41.5 Å². The number of hydrogen-bond acceptors (Lipinski definition) is 4. The van der Waals surface area contributed by atoms with Crippen LogP contribution in [0.3, 0.4) is 0 Å². The minimum atomic E-state index is -0.438. The molecule has 0 unspecified atom stereocenters. The minimum Gasteiger partial charge on any atom is -0.466 e. The molecule has 3 rings (SSSR count). The van der Waals surface area contributed by atoms with Crippen molar-refractivity contribution in [3.8, 4) is 0 Å². The van der Waals surface area contributed by atoms with Gasteiger partial charge in [-0.3, -0.25) is 9.59 Å². The molecule has 5 heteroatoms. The zero-order chi connectivity index (χ0) is 17.8. The van der Waals surface area contributed by atoms with Gasteiger partial charge in [0, 0.05) is 12.3 Å². The second-order valence-corrected chi connectivity index (χ2v) is 5.37. The molecule has 1 aliphatic heterocycles. The van der Waals surface area contributed by atoms with Crippen LogP contribution in [0, 0.1) is 0 Å². The molecule has 0 N–H and O–H groups in total. The summed E-state index contributed by atoms with van der Waals surface area (Å²) in [6, 6.07) is 14.1. The summed E-state index contributed by atoms with van der Waals surface area (Å²) in [4.78, 5) is 36.8. The highest BCUT2D eigenvalue weighted by Crippen LogP contribution is 2.23. The van der Waals surface area contributed by atoms with Gasteiger partial charge in [0.15, 0.2) is 0 Å². The van der Waals surface area contributed by atoms with Crippen LogP contribution in [0.25, 0.3) is 12.2 Å². The summed E-state index contributed by atoms with van der Waals surface area (Å²) in [6.07, 6.45) is 6.10. The van der Waals surface area contributed by atoms with E-state index < -0.39 is 5.97 Å². The lowest BCUT2D eigenvalue weighted by Gasteiger charge is -2.07. The second kappa shape index (κ2) is 6.97. The number of carbonyl (C=O) groups is 3. The molecule has 2 aromatic carbocycles. The first-order chi connectivity index (χ1) is 12.1. The Labute approximate surface area is 144 Å². The molecule has 0 fully saturated rings. The topological polar surface area (TPSA) is 63.7 Å². The zero-order valence-electron chi connectivity index (χ0n) is 13.5. The molecule has 0 atom stereocenters. The lowest BCUT2D eigenvalue weighted by Crippen LogP contribution is -2.23. The number of benzene rings is 2. The lowest BCUT2D eigenvalue weighted by molar-refractivity contribution is -0.134. The zero-order valence-corrected chi connectivity index (χ0v) is 13.5. The Hall–Kier alpha value is -3.47. The van der Waals surface area contributed by atoms with Crippen molar-refractivity contribution in [2.75, 3.05) is 7.11 Å². The van der Waals surface area contributed by atoms with Crippen LogP contribution in [-0.4, -0.2) is 29.8 Å². The van der Waals surface area contributed by atoms with Crippen molar-refractivity contribution in [3.63, 3.8) is 0 Å². The Kier molecular flexibility index (Phi) is 4.57. The highest BCUT2D eigenvalue weighted by atomic mass is 16.5. The van der Waals surface area contributed by atoms with Crippen molar-refractivity contribution >= 4 is 29.9 Å². The summed E-state index contributed by atoms with van der Waals surface area (Å²) in [6.45, 7) is 0. The first-order valence-corrected chi connectivity index (χ1v) is 7.61. The second-order valence-electron chi connectivity index (χ2n) is 5.37. The Balaban J connectivity index is 1.79. The van der Waals surface area contributed by atoms with E-state index in [2.05, 4.69) is 4.74 Å². The Morgan fingerprint density at radius 1 is 0.920 bits per heavy atom. The molecule has 124 valence electrons. The molecular weight excluding hydrogens is 318 g/mol. The van der Waals surface area contributed by atoms with Gasteiger partial charge in [0.25, 0.3) is 11.8 Å².